The number of fused-ring (bicyclic) bond motifs is 1. The molecule has 0 N–H and O–H groups in total. The highest BCUT2D eigenvalue weighted by Crippen LogP contribution is 2.42. The first-order valence-electron chi connectivity index (χ1n) is 10.6. The van der Waals surface area contributed by atoms with Crippen molar-refractivity contribution in [3.05, 3.63) is 95.0 Å². The Labute approximate surface area is 188 Å². The molecule has 2 amide bonds. The lowest BCUT2D eigenvalue weighted by Crippen LogP contribution is -2.47. The molecule has 0 aromatic heterocycles. The van der Waals surface area contributed by atoms with Crippen molar-refractivity contribution < 1.29 is 9.59 Å². The van der Waals surface area contributed by atoms with Crippen LogP contribution < -0.4 is 9.80 Å². The Bertz CT molecular complexity index is 1100. The summed E-state index contributed by atoms with van der Waals surface area (Å²) in [4.78, 5) is 30.2. The topological polar surface area (TPSA) is 40.6 Å². The lowest BCUT2D eigenvalue weighted by molar-refractivity contribution is -0.118. The van der Waals surface area contributed by atoms with Crippen molar-refractivity contribution in [2.45, 2.75) is 38.8 Å². The Kier molecular flexibility index (Phi) is 6.10. The van der Waals surface area contributed by atoms with Gasteiger partial charge in [-0.2, -0.15) is 0 Å². The third-order valence-corrected chi connectivity index (χ3v) is 6.00. The summed E-state index contributed by atoms with van der Waals surface area (Å²) >= 11 is 6.13. The monoisotopic (exact) mass is 432 g/mol. The molecule has 2 atom stereocenters. The summed E-state index contributed by atoms with van der Waals surface area (Å²) in [5.41, 5.74) is 3.23. The zero-order chi connectivity index (χ0) is 22.0. The molecule has 31 heavy (non-hydrogen) atoms. The molecule has 0 saturated carbocycles. The maximum absolute atomic E-state index is 13.4. The number of carbonyl (C=O) groups is 2. The van der Waals surface area contributed by atoms with Crippen molar-refractivity contribution in [3.8, 4) is 0 Å². The molecule has 3 aromatic carbocycles. The predicted molar refractivity (Wildman–Crippen MR) is 126 cm³/mol. The number of rotatable bonds is 4. The van der Waals surface area contributed by atoms with Crippen LogP contribution in [-0.4, -0.2) is 17.9 Å². The molecule has 158 valence electrons. The van der Waals surface area contributed by atoms with Gasteiger partial charge in [0.05, 0.1) is 6.04 Å². The molecule has 1 aliphatic heterocycles. The molecular formula is C26H25ClN2O2. The molecule has 1 heterocycles. The van der Waals surface area contributed by atoms with Crippen LogP contribution in [0.2, 0.25) is 5.02 Å². The van der Waals surface area contributed by atoms with Gasteiger partial charge in [0.15, 0.2) is 0 Å². The van der Waals surface area contributed by atoms with Gasteiger partial charge in [-0.25, -0.2) is 0 Å². The van der Waals surface area contributed by atoms with Gasteiger partial charge in [-0.3, -0.25) is 9.59 Å². The number of carbonyl (C=O) groups excluding carboxylic acids is 2. The quantitative estimate of drug-likeness (QED) is 0.488. The number of para-hydroxylation sites is 2. The van der Waals surface area contributed by atoms with Crippen LogP contribution in [0, 0.1) is 0 Å². The molecule has 4 nitrogen and oxygen atoms in total. The second-order valence-electron chi connectivity index (χ2n) is 7.80. The van der Waals surface area contributed by atoms with E-state index in [0.717, 1.165) is 16.9 Å². The number of hydrogen-bond acceptors (Lipinski definition) is 2. The summed E-state index contributed by atoms with van der Waals surface area (Å²) in [6.07, 6.45) is 1.05. The average Bonchev–Trinajstić information content (AvgIpc) is 2.79. The van der Waals surface area contributed by atoms with Crippen LogP contribution in [0.1, 0.15) is 48.7 Å². The van der Waals surface area contributed by atoms with Crippen molar-refractivity contribution in [1.82, 2.24) is 0 Å². The van der Waals surface area contributed by atoms with Gasteiger partial charge in [-0.1, -0.05) is 61.0 Å². The highest BCUT2D eigenvalue weighted by atomic mass is 35.5. The first-order chi connectivity index (χ1) is 15.0. The summed E-state index contributed by atoms with van der Waals surface area (Å²) < 4.78 is 0. The van der Waals surface area contributed by atoms with E-state index in [1.165, 1.54) is 0 Å². The second kappa shape index (κ2) is 8.94. The Morgan fingerprint density at radius 3 is 2.42 bits per heavy atom. The van der Waals surface area contributed by atoms with Gasteiger partial charge in [0, 0.05) is 34.4 Å². The van der Waals surface area contributed by atoms with E-state index in [1.54, 1.807) is 24.3 Å². The fourth-order valence-corrected chi connectivity index (χ4v) is 4.54. The molecule has 0 fully saturated rings. The average molecular weight is 433 g/mol. The standard InChI is InChI=1S/C26H25ClN2O2/c1-3-25(30)29(21-12-5-4-6-13-21)24-16-18(2)28(23-15-8-7-14-22(23)24)26(31)19-10-9-11-20(27)17-19/h4-15,17-18,24H,3,16H2,1-2H3/t18-,24+/m1/s1. The largest absolute Gasteiger partial charge is 0.305 e. The van der Waals surface area contributed by atoms with Crippen molar-refractivity contribution in [1.29, 1.82) is 0 Å². The van der Waals surface area contributed by atoms with Gasteiger partial charge in [-0.05, 0) is 55.3 Å². The summed E-state index contributed by atoms with van der Waals surface area (Å²) in [7, 11) is 0. The van der Waals surface area contributed by atoms with E-state index in [9.17, 15) is 9.59 Å². The number of benzene rings is 3. The van der Waals surface area contributed by atoms with Gasteiger partial charge in [0.1, 0.15) is 0 Å². The van der Waals surface area contributed by atoms with Crippen LogP contribution >= 0.6 is 11.6 Å². The van der Waals surface area contributed by atoms with Crippen molar-refractivity contribution in [3.63, 3.8) is 0 Å². The summed E-state index contributed by atoms with van der Waals surface area (Å²) in [6.45, 7) is 3.91. The number of amides is 2. The third kappa shape index (κ3) is 4.08. The molecule has 0 unspecified atom stereocenters. The molecule has 0 aliphatic carbocycles. The fraction of sp³-hybridized carbons (Fsp3) is 0.231. The Morgan fingerprint density at radius 2 is 1.71 bits per heavy atom. The van der Waals surface area contributed by atoms with Crippen LogP contribution in [0.25, 0.3) is 0 Å². The number of hydrogen-bond donors (Lipinski definition) is 0. The molecule has 1 aliphatic rings. The van der Waals surface area contributed by atoms with Crippen LogP contribution in [0.15, 0.2) is 78.9 Å². The fourth-order valence-electron chi connectivity index (χ4n) is 4.35. The first kappa shape index (κ1) is 21.1. The zero-order valence-electron chi connectivity index (χ0n) is 17.7. The summed E-state index contributed by atoms with van der Waals surface area (Å²) in [5, 5.41) is 0.533. The van der Waals surface area contributed by atoms with E-state index in [0.29, 0.717) is 23.4 Å². The molecule has 0 spiro atoms. The third-order valence-electron chi connectivity index (χ3n) is 5.77. The first-order valence-corrected chi connectivity index (χ1v) is 10.9. The van der Waals surface area contributed by atoms with Crippen LogP contribution in [-0.2, 0) is 4.79 Å². The SMILES string of the molecule is CCC(=O)N(c1ccccc1)[C@H]1C[C@@H](C)N(C(=O)c2cccc(Cl)c2)c2ccccc21. The number of nitrogens with zero attached hydrogens (tertiary/aromatic N) is 2. The predicted octanol–water partition coefficient (Wildman–Crippen LogP) is 6.26. The molecule has 0 saturated heterocycles. The van der Waals surface area contributed by atoms with Crippen molar-refractivity contribution in [2.24, 2.45) is 0 Å². The number of halogens is 1. The Hall–Kier alpha value is -3.11. The molecule has 5 heteroatoms. The zero-order valence-corrected chi connectivity index (χ0v) is 18.4. The Morgan fingerprint density at radius 1 is 1.00 bits per heavy atom. The summed E-state index contributed by atoms with van der Waals surface area (Å²) in [6, 6.07) is 24.4. The van der Waals surface area contributed by atoms with E-state index in [-0.39, 0.29) is 23.9 Å². The summed E-state index contributed by atoms with van der Waals surface area (Å²) in [5.74, 6) is -0.0261. The van der Waals surface area contributed by atoms with E-state index in [1.807, 2.05) is 78.2 Å². The number of anilines is 2. The molecule has 3 aromatic rings. The normalized spacial score (nSPS) is 17.7. The van der Waals surface area contributed by atoms with Gasteiger partial charge < -0.3 is 9.80 Å². The lowest BCUT2D eigenvalue weighted by atomic mass is 9.89. The minimum absolute atomic E-state index is 0.0628. The highest BCUT2D eigenvalue weighted by Gasteiger charge is 2.38. The molecule has 0 radical (unpaired) electrons. The highest BCUT2D eigenvalue weighted by molar-refractivity contribution is 6.31. The van der Waals surface area contributed by atoms with Crippen molar-refractivity contribution in [2.75, 3.05) is 9.80 Å². The van der Waals surface area contributed by atoms with E-state index in [2.05, 4.69) is 0 Å². The lowest BCUT2D eigenvalue weighted by Gasteiger charge is -2.43. The maximum Gasteiger partial charge on any atom is 0.258 e. The van der Waals surface area contributed by atoms with Gasteiger partial charge in [0.2, 0.25) is 5.91 Å². The van der Waals surface area contributed by atoms with Gasteiger partial charge in [-0.15, -0.1) is 0 Å². The van der Waals surface area contributed by atoms with Crippen LogP contribution in [0.4, 0.5) is 11.4 Å². The van der Waals surface area contributed by atoms with E-state index in [4.69, 9.17) is 11.6 Å². The second-order valence-corrected chi connectivity index (χ2v) is 8.23. The smallest absolute Gasteiger partial charge is 0.258 e. The Balaban J connectivity index is 1.79. The van der Waals surface area contributed by atoms with E-state index >= 15 is 0 Å². The van der Waals surface area contributed by atoms with E-state index < -0.39 is 0 Å². The van der Waals surface area contributed by atoms with Crippen molar-refractivity contribution >= 4 is 34.8 Å². The molecule has 4 rings (SSSR count). The van der Waals surface area contributed by atoms with Crippen LogP contribution in [0.3, 0.4) is 0 Å². The molecule has 0 bridgehead atoms. The minimum Gasteiger partial charge on any atom is -0.305 e. The van der Waals surface area contributed by atoms with Gasteiger partial charge >= 0.3 is 0 Å². The minimum atomic E-state index is -0.149. The maximum atomic E-state index is 13.4. The molecular weight excluding hydrogens is 408 g/mol. The van der Waals surface area contributed by atoms with Crippen LogP contribution in [0.5, 0.6) is 0 Å². The van der Waals surface area contributed by atoms with Gasteiger partial charge in [0.25, 0.3) is 5.91 Å².